The van der Waals surface area contributed by atoms with Crippen LogP contribution in [0.1, 0.15) is 31.2 Å². The number of primary amides is 1. The zero-order chi connectivity index (χ0) is 19.1. The first kappa shape index (κ1) is 17.4. The summed E-state index contributed by atoms with van der Waals surface area (Å²) in [6.45, 7) is 1.67. The Morgan fingerprint density at radius 2 is 2.07 bits per heavy atom. The van der Waals surface area contributed by atoms with Crippen molar-refractivity contribution in [1.82, 2.24) is 0 Å². The predicted molar refractivity (Wildman–Crippen MR) is 102 cm³/mol. The van der Waals surface area contributed by atoms with Gasteiger partial charge in [0.25, 0.3) is 11.8 Å². The molecule has 7 nitrogen and oxygen atoms in total. The number of carbonyl (C=O) groups excluding carboxylic acids is 2. The van der Waals surface area contributed by atoms with Gasteiger partial charge < -0.3 is 20.4 Å². The number of amides is 2. The van der Waals surface area contributed by atoms with Gasteiger partial charge in [0.15, 0.2) is 0 Å². The Balaban J connectivity index is 1.72. The molecule has 4 N–H and O–H groups in total. The Kier molecular flexibility index (Phi) is 4.29. The Bertz CT molecular complexity index is 1130. The fraction of sp³-hybridized carbons (Fsp3) is 0.211. The van der Waals surface area contributed by atoms with Crippen molar-refractivity contribution in [3.05, 3.63) is 62.3 Å². The smallest absolute Gasteiger partial charge is 0.349 e. The maximum atomic E-state index is 12.7. The van der Waals surface area contributed by atoms with E-state index in [0.717, 1.165) is 30.0 Å². The first-order valence-electron chi connectivity index (χ1n) is 8.54. The number of carbonyl (C=O) groups is 2. The molecule has 0 bridgehead atoms. The van der Waals surface area contributed by atoms with Gasteiger partial charge >= 0.3 is 5.63 Å². The van der Waals surface area contributed by atoms with Gasteiger partial charge in [0.2, 0.25) is 0 Å². The third-order valence-corrected chi connectivity index (χ3v) is 5.86. The van der Waals surface area contributed by atoms with Gasteiger partial charge in [-0.15, -0.1) is 11.3 Å². The molecule has 4 rings (SSSR count). The molecular weight excluding hydrogens is 366 g/mol. The first-order valence-corrected chi connectivity index (χ1v) is 9.35. The van der Waals surface area contributed by atoms with E-state index in [2.05, 4.69) is 12.4 Å². The average molecular weight is 384 g/mol. The Labute approximate surface area is 158 Å². The normalized spacial score (nSPS) is 16.1. The number of benzene rings is 1. The van der Waals surface area contributed by atoms with Gasteiger partial charge in [0.05, 0.1) is 24.0 Å². The summed E-state index contributed by atoms with van der Waals surface area (Å²) in [7, 11) is 2.07. The lowest BCUT2D eigenvalue weighted by molar-refractivity contribution is -0.895. The number of nitrogens with two attached hydrogens (primary N) is 1. The van der Waals surface area contributed by atoms with E-state index in [4.69, 9.17) is 10.2 Å². The fourth-order valence-corrected chi connectivity index (χ4v) is 4.72. The highest BCUT2D eigenvalue weighted by Gasteiger charge is 2.29. The second-order valence-electron chi connectivity index (χ2n) is 6.65. The van der Waals surface area contributed by atoms with E-state index in [1.165, 1.54) is 22.3 Å². The standard InChI is InChI=1S/C19H17N3O4S/c1-22-7-6-11-14(9-22)27-18(15(11)16(20)23)21-17(24)12-8-10-4-2-3-5-13(10)26-19(12)25/h2-5,8H,6-7,9H2,1H3,(H2,20,23)(H,21,24)/p+1. The van der Waals surface area contributed by atoms with Crippen molar-refractivity contribution < 1.29 is 18.9 Å². The summed E-state index contributed by atoms with van der Waals surface area (Å²) in [5, 5.41) is 3.73. The van der Waals surface area contributed by atoms with E-state index in [1.807, 2.05) is 0 Å². The number of hydrogen-bond donors (Lipinski definition) is 3. The molecule has 3 aromatic rings. The number of thiophene rings is 1. The molecule has 1 aliphatic rings. The summed E-state index contributed by atoms with van der Waals surface area (Å²) in [5.74, 6) is -1.19. The number of para-hydroxylation sites is 1. The molecule has 3 heterocycles. The van der Waals surface area contributed by atoms with Crippen molar-refractivity contribution in [3.63, 3.8) is 0 Å². The van der Waals surface area contributed by atoms with E-state index in [9.17, 15) is 14.4 Å². The Morgan fingerprint density at radius 1 is 1.30 bits per heavy atom. The summed E-state index contributed by atoms with van der Waals surface area (Å²) in [4.78, 5) is 39.3. The highest BCUT2D eigenvalue weighted by Crippen LogP contribution is 2.34. The molecule has 27 heavy (non-hydrogen) atoms. The lowest BCUT2D eigenvalue weighted by atomic mass is 10.0. The monoisotopic (exact) mass is 384 g/mol. The molecule has 1 atom stereocenters. The van der Waals surface area contributed by atoms with Crippen LogP contribution < -0.4 is 21.6 Å². The van der Waals surface area contributed by atoms with E-state index < -0.39 is 17.4 Å². The van der Waals surface area contributed by atoms with E-state index in [1.54, 1.807) is 24.3 Å². The van der Waals surface area contributed by atoms with Crippen LogP contribution >= 0.6 is 11.3 Å². The van der Waals surface area contributed by atoms with Crippen molar-refractivity contribution in [3.8, 4) is 0 Å². The van der Waals surface area contributed by atoms with Gasteiger partial charge in [0, 0.05) is 11.8 Å². The summed E-state index contributed by atoms with van der Waals surface area (Å²) in [5.41, 5.74) is 6.39. The zero-order valence-corrected chi connectivity index (χ0v) is 15.4. The summed E-state index contributed by atoms with van der Waals surface area (Å²) >= 11 is 1.34. The molecule has 0 saturated heterocycles. The van der Waals surface area contributed by atoms with Gasteiger partial charge in [-0.1, -0.05) is 18.2 Å². The van der Waals surface area contributed by atoms with E-state index >= 15 is 0 Å². The molecule has 0 spiro atoms. The Hall–Kier alpha value is -2.97. The van der Waals surface area contributed by atoms with Crippen LogP contribution in [0.2, 0.25) is 0 Å². The molecule has 138 valence electrons. The molecule has 8 heteroatoms. The predicted octanol–water partition coefficient (Wildman–Crippen LogP) is 0.776. The topological polar surface area (TPSA) is 107 Å². The molecule has 0 radical (unpaired) electrons. The highest BCUT2D eigenvalue weighted by molar-refractivity contribution is 7.17. The maximum Gasteiger partial charge on any atom is 0.349 e. The van der Waals surface area contributed by atoms with Crippen LogP contribution in [0.15, 0.2) is 39.5 Å². The van der Waals surface area contributed by atoms with Crippen LogP contribution in [0.4, 0.5) is 5.00 Å². The number of likely N-dealkylation sites (N-methyl/N-ethyl adjacent to an activating group) is 1. The molecule has 1 aromatic carbocycles. The molecule has 1 aliphatic heterocycles. The minimum atomic E-state index is -0.725. The second kappa shape index (κ2) is 6.64. The average Bonchev–Trinajstić information content (AvgIpc) is 2.97. The number of nitrogens with one attached hydrogen (secondary N) is 2. The number of rotatable bonds is 3. The van der Waals surface area contributed by atoms with Crippen LogP contribution in [0.25, 0.3) is 11.0 Å². The summed E-state index contributed by atoms with van der Waals surface area (Å²) in [6, 6.07) is 8.45. The van der Waals surface area contributed by atoms with Crippen LogP contribution in [-0.4, -0.2) is 25.4 Å². The molecule has 0 saturated carbocycles. The molecule has 2 aromatic heterocycles. The molecule has 0 aliphatic carbocycles. The van der Waals surface area contributed by atoms with E-state index in [-0.39, 0.29) is 5.56 Å². The van der Waals surface area contributed by atoms with Crippen molar-refractivity contribution in [2.24, 2.45) is 5.73 Å². The molecule has 0 fully saturated rings. The maximum absolute atomic E-state index is 12.7. The number of anilines is 1. The third-order valence-electron chi connectivity index (χ3n) is 4.71. The number of quaternary nitrogens is 1. The molecule has 1 unspecified atom stereocenters. The first-order chi connectivity index (χ1) is 12.9. The van der Waals surface area contributed by atoms with Crippen molar-refractivity contribution in [1.29, 1.82) is 0 Å². The highest BCUT2D eigenvalue weighted by atomic mass is 32.1. The van der Waals surface area contributed by atoms with Gasteiger partial charge in [-0.25, -0.2) is 4.79 Å². The molecule has 2 amide bonds. The van der Waals surface area contributed by atoms with Gasteiger partial charge in [-0.3, -0.25) is 9.59 Å². The van der Waals surface area contributed by atoms with Crippen molar-refractivity contribution in [2.75, 3.05) is 18.9 Å². The minimum absolute atomic E-state index is 0.113. The zero-order valence-electron chi connectivity index (χ0n) is 14.6. The largest absolute Gasteiger partial charge is 0.422 e. The van der Waals surface area contributed by atoms with Crippen LogP contribution in [-0.2, 0) is 13.0 Å². The van der Waals surface area contributed by atoms with Crippen molar-refractivity contribution >= 4 is 39.1 Å². The van der Waals surface area contributed by atoms with E-state index in [0.29, 0.717) is 21.5 Å². The quantitative estimate of drug-likeness (QED) is 0.580. The van der Waals surface area contributed by atoms with Crippen LogP contribution in [0.3, 0.4) is 0 Å². The van der Waals surface area contributed by atoms with Crippen LogP contribution in [0.5, 0.6) is 0 Å². The third kappa shape index (κ3) is 3.13. The lowest BCUT2D eigenvalue weighted by Crippen LogP contribution is -3.08. The lowest BCUT2D eigenvalue weighted by Gasteiger charge is -2.19. The fourth-order valence-electron chi connectivity index (χ4n) is 3.36. The number of fused-ring (bicyclic) bond motifs is 2. The minimum Gasteiger partial charge on any atom is -0.422 e. The second-order valence-corrected chi connectivity index (χ2v) is 7.75. The van der Waals surface area contributed by atoms with Gasteiger partial charge in [-0.2, -0.15) is 0 Å². The Morgan fingerprint density at radius 3 is 2.85 bits per heavy atom. The number of hydrogen-bond acceptors (Lipinski definition) is 5. The van der Waals surface area contributed by atoms with Gasteiger partial charge in [-0.05, 0) is 17.7 Å². The van der Waals surface area contributed by atoms with Crippen LogP contribution in [0, 0.1) is 0 Å². The van der Waals surface area contributed by atoms with Gasteiger partial charge in [0.1, 0.15) is 22.7 Å². The summed E-state index contributed by atoms with van der Waals surface area (Å²) in [6.07, 6.45) is 0.726. The molecular formula is C19H18N3O4S+. The van der Waals surface area contributed by atoms with Crippen molar-refractivity contribution in [2.45, 2.75) is 13.0 Å². The SMILES string of the molecule is C[NH+]1CCc2c(sc(NC(=O)c3cc4ccccc4oc3=O)c2C(N)=O)C1. The summed E-state index contributed by atoms with van der Waals surface area (Å²) < 4.78 is 5.22.